The van der Waals surface area contributed by atoms with E-state index in [1.165, 1.54) is 25.7 Å². The Morgan fingerprint density at radius 2 is 1.93 bits per heavy atom. The average Bonchev–Trinajstić information content (AvgIpc) is 3.45. The Kier molecular flexibility index (Phi) is 5.00. The Morgan fingerprint density at radius 1 is 1.00 bits per heavy atom. The quantitative estimate of drug-likeness (QED) is 0.474. The molecule has 4 aromatic heterocycles. The van der Waals surface area contributed by atoms with Crippen LogP contribution in [0.3, 0.4) is 0 Å². The summed E-state index contributed by atoms with van der Waals surface area (Å²) in [5, 5.41) is 17.2. The summed E-state index contributed by atoms with van der Waals surface area (Å²) in [5.74, 6) is 1.32. The molecule has 4 aromatic rings. The van der Waals surface area contributed by atoms with Crippen molar-refractivity contribution in [1.29, 1.82) is 0 Å². The van der Waals surface area contributed by atoms with Crippen LogP contribution in [0.5, 0.6) is 0 Å². The van der Waals surface area contributed by atoms with E-state index in [4.69, 9.17) is 4.98 Å². The minimum Gasteiger partial charge on any atom is -0.378 e. The van der Waals surface area contributed by atoms with Gasteiger partial charge in [0.15, 0.2) is 0 Å². The smallest absolute Gasteiger partial charge is 0.211 e. The first kappa shape index (κ1) is 17.9. The summed E-state index contributed by atoms with van der Waals surface area (Å²) in [4.78, 5) is 13.5. The van der Waals surface area contributed by atoms with E-state index < -0.39 is 0 Å². The van der Waals surface area contributed by atoms with Crippen molar-refractivity contribution in [2.24, 2.45) is 0 Å². The summed E-state index contributed by atoms with van der Waals surface area (Å²) >= 11 is 1.63. The van der Waals surface area contributed by atoms with Crippen LogP contribution in [0, 0.1) is 0 Å². The monoisotopic (exact) mass is 403 g/mol. The van der Waals surface area contributed by atoms with Crippen LogP contribution in [-0.4, -0.2) is 25.1 Å². The van der Waals surface area contributed by atoms with Gasteiger partial charge in [-0.2, -0.15) is 0 Å². The summed E-state index contributed by atoms with van der Waals surface area (Å²) in [7, 11) is 0. The molecule has 0 spiro atoms. The van der Waals surface area contributed by atoms with Crippen LogP contribution >= 0.6 is 11.3 Å². The van der Waals surface area contributed by atoms with Gasteiger partial charge in [0.1, 0.15) is 10.8 Å². The first-order valence-corrected chi connectivity index (χ1v) is 10.7. The number of fused-ring (bicyclic) bond motifs is 1. The van der Waals surface area contributed by atoms with E-state index in [1.807, 2.05) is 42.6 Å². The Labute approximate surface area is 172 Å². The topological polar surface area (TPSA) is 88.5 Å². The minimum atomic E-state index is 0.574. The second-order valence-electron chi connectivity index (χ2n) is 7.19. The fourth-order valence-electron chi connectivity index (χ4n) is 3.60. The lowest BCUT2D eigenvalue weighted by Gasteiger charge is -2.07. The van der Waals surface area contributed by atoms with E-state index >= 15 is 0 Å². The highest BCUT2D eigenvalue weighted by atomic mass is 32.1. The molecular weight excluding hydrogens is 382 g/mol. The van der Waals surface area contributed by atoms with E-state index in [1.54, 1.807) is 17.5 Å². The molecule has 0 bridgehead atoms. The van der Waals surface area contributed by atoms with Crippen LogP contribution in [0.25, 0.3) is 11.0 Å². The Bertz CT molecular complexity index is 1110. The van der Waals surface area contributed by atoms with Crippen molar-refractivity contribution in [2.45, 2.75) is 38.1 Å². The molecule has 0 amide bonds. The molecular formula is C21H21N7S. The molecule has 29 heavy (non-hydrogen) atoms. The van der Waals surface area contributed by atoms with E-state index in [0.717, 1.165) is 38.4 Å². The summed E-state index contributed by atoms with van der Waals surface area (Å²) in [6, 6.07) is 11.8. The molecule has 1 aliphatic carbocycles. The van der Waals surface area contributed by atoms with Gasteiger partial charge in [-0.05, 0) is 43.2 Å². The molecule has 5 rings (SSSR count). The largest absolute Gasteiger partial charge is 0.378 e. The van der Waals surface area contributed by atoms with Gasteiger partial charge in [0.2, 0.25) is 5.13 Å². The number of nitrogens with zero attached hydrogens (tertiary/aromatic N) is 5. The summed E-state index contributed by atoms with van der Waals surface area (Å²) in [6.45, 7) is 0.640. The number of hydrogen-bond donors (Lipinski definition) is 2. The Morgan fingerprint density at radius 3 is 2.79 bits per heavy atom. The van der Waals surface area contributed by atoms with E-state index in [0.29, 0.717) is 12.5 Å². The average molecular weight is 404 g/mol. The van der Waals surface area contributed by atoms with E-state index in [-0.39, 0.29) is 0 Å². The first-order chi connectivity index (χ1) is 14.3. The molecule has 7 nitrogen and oxygen atoms in total. The fourth-order valence-corrected chi connectivity index (χ4v) is 4.52. The van der Waals surface area contributed by atoms with E-state index in [9.17, 15) is 0 Å². The van der Waals surface area contributed by atoms with Crippen molar-refractivity contribution in [3.8, 4) is 0 Å². The van der Waals surface area contributed by atoms with Crippen molar-refractivity contribution >= 4 is 39.0 Å². The van der Waals surface area contributed by atoms with Crippen molar-refractivity contribution in [2.75, 3.05) is 10.6 Å². The number of rotatable bonds is 6. The third-order valence-electron chi connectivity index (χ3n) is 5.12. The summed E-state index contributed by atoms with van der Waals surface area (Å²) in [5.41, 5.74) is 3.56. The lowest BCUT2D eigenvalue weighted by Crippen LogP contribution is -2.02. The van der Waals surface area contributed by atoms with Crippen LogP contribution in [0.15, 0.2) is 48.8 Å². The summed E-state index contributed by atoms with van der Waals surface area (Å²) < 4.78 is 0. The molecule has 0 aromatic carbocycles. The van der Waals surface area contributed by atoms with Crippen molar-refractivity contribution < 1.29 is 0 Å². The van der Waals surface area contributed by atoms with Crippen LogP contribution in [-0.2, 0) is 6.54 Å². The molecule has 0 saturated heterocycles. The zero-order chi connectivity index (χ0) is 19.5. The molecule has 8 heteroatoms. The second kappa shape index (κ2) is 8.08. The number of pyridine rings is 3. The lowest BCUT2D eigenvalue weighted by molar-refractivity contribution is 0.705. The van der Waals surface area contributed by atoms with Crippen LogP contribution in [0.2, 0.25) is 0 Å². The molecule has 0 atom stereocenters. The second-order valence-corrected chi connectivity index (χ2v) is 8.19. The Hall–Kier alpha value is -3.13. The first-order valence-electron chi connectivity index (χ1n) is 9.84. The van der Waals surface area contributed by atoms with Crippen molar-refractivity contribution in [3.63, 3.8) is 0 Å². The lowest BCUT2D eigenvalue weighted by atomic mass is 10.1. The van der Waals surface area contributed by atoms with Gasteiger partial charge in [0, 0.05) is 12.1 Å². The van der Waals surface area contributed by atoms with Crippen molar-refractivity contribution in [3.05, 3.63) is 59.5 Å². The predicted octanol–water partition coefficient (Wildman–Crippen LogP) is 4.89. The van der Waals surface area contributed by atoms with Gasteiger partial charge in [0.05, 0.1) is 35.2 Å². The number of nitrogens with one attached hydrogen (secondary N) is 2. The fraction of sp³-hybridized carbons (Fsp3) is 0.286. The van der Waals surface area contributed by atoms with Gasteiger partial charge in [-0.1, -0.05) is 30.2 Å². The number of hydrogen-bond acceptors (Lipinski definition) is 8. The van der Waals surface area contributed by atoms with Crippen molar-refractivity contribution in [1.82, 2.24) is 25.1 Å². The molecule has 4 heterocycles. The highest BCUT2D eigenvalue weighted by Crippen LogP contribution is 2.36. The molecule has 1 aliphatic rings. The molecule has 1 saturated carbocycles. The maximum absolute atomic E-state index is 4.70. The highest BCUT2D eigenvalue weighted by molar-refractivity contribution is 7.15. The molecule has 1 fully saturated rings. The maximum atomic E-state index is 4.70. The van der Waals surface area contributed by atoms with Gasteiger partial charge < -0.3 is 10.6 Å². The molecule has 146 valence electrons. The normalized spacial score (nSPS) is 14.3. The number of anilines is 3. The van der Waals surface area contributed by atoms with Gasteiger partial charge in [-0.3, -0.25) is 9.97 Å². The van der Waals surface area contributed by atoms with Gasteiger partial charge in [-0.15, -0.1) is 10.2 Å². The third kappa shape index (κ3) is 4.17. The zero-order valence-corrected chi connectivity index (χ0v) is 16.7. The van der Waals surface area contributed by atoms with E-state index in [2.05, 4.69) is 30.8 Å². The van der Waals surface area contributed by atoms with Gasteiger partial charge in [-0.25, -0.2) is 4.98 Å². The van der Waals surface area contributed by atoms with Gasteiger partial charge in [0.25, 0.3) is 0 Å². The molecule has 0 aliphatic heterocycles. The highest BCUT2D eigenvalue weighted by Gasteiger charge is 2.21. The third-order valence-corrected chi connectivity index (χ3v) is 6.12. The minimum absolute atomic E-state index is 0.574. The number of aromatic nitrogens is 5. The standard InChI is InChI=1S/C21H21N7S/c1-2-6-14(5-1)20-27-28-21(29-20)26-19-9-8-17-18(25-19)11-16(13-24-17)23-12-15-7-3-4-10-22-15/h3-4,7-11,13-14,23H,1-2,5-6,12H2,(H,25,26,28). The zero-order valence-electron chi connectivity index (χ0n) is 15.9. The van der Waals surface area contributed by atoms with Crippen LogP contribution < -0.4 is 10.6 Å². The summed E-state index contributed by atoms with van der Waals surface area (Å²) in [6.07, 6.45) is 8.65. The molecule has 2 N–H and O–H groups in total. The van der Waals surface area contributed by atoms with Crippen LogP contribution in [0.1, 0.15) is 42.3 Å². The molecule has 0 unspecified atom stereocenters. The molecule has 0 radical (unpaired) electrons. The van der Waals surface area contributed by atoms with Gasteiger partial charge >= 0.3 is 0 Å². The Balaban J connectivity index is 1.31. The SMILES string of the molecule is c1ccc(CNc2cnc3ccc(Nc4nnc(C5CCCC5)s4)nc3c2)nc1. The maximum Gasteiger partial charge on any atom is 0.211 e. The van der Waals surface area contributed by atoms with Crippen LogP contribution in [0.4, 0.5) is 16.6 Å². The predicted molar refractivity (Wildman–Crippen MR) is 116 cm³/mol.